The van der Waals surface area contributed by atoms with Gasteiger partial charge >= 0.3 is 6.18 Å². The second-order valence-electron chi connectivity index (χ2n) is 12.7. The van der Waals surface area contributed by atoms with Crippen molar-refractivity contribution in [1.82, 2.24) is 29.0 Å². The van der Waals surface area contributed by atoms with Gasteiger partial charge in [0.1, 0.15) is 5.69 Å². The number of hydrogen-bond acceptors (Lipinski definition) is 7. The van der Waals surface area contributed by atoms with Crippen LogP contribution in [0.1, 0.15) is 51.7 Å². The minimum absolute atomic E-state index is 0.0152. The molecule has 10 nitrogen and oxygen atoms in total. The number of aliphatic imine (C=N–C) groups is 1. The van der Waals surface area contributed by atoms with Crippen molar-refractivity contribution in [3.05, 3.63) is 131 Å². The van der Waals surface area contributed by atoms with E-state index in [1.807, 2.05) is 54.6 Å². The summed E-state index contributed by atoms with van der Waals surface area (Å²) in [6.07, 6.45) is 10.1. The third-order valence-corrected chi connectivity index (χ3v) is 8.43. The van der Waals surface area contributed by atoms with Gasteiger partial charge in [-0.3, -0.25) is 18.9 Å². The molecule has 4 heterocycles. The Kier molecular flexibility index (Phi) is 10.6. The topological polar surface area (TPSA) is 95.1 Å². The van der Waals surface area contributed by atoms with Gasteiger partial charge in [-0.05, 0) is 100 Å². The van der Waals surface area contributed by atoms with E-state index >= 15 is 0 Å². The Balaban J connectivity index is 1.17. The van der Waals surface area contributed by atoms with E-state index in [4.69, 9.17) is 0 Å². The highest BCUT2D eigenvalue weighted by Crippen LogP contribution is 2.35. The maximum atomic E-state index is 14.2. The van der Waals surface area contributed by atoms with Gasteiger partial charge in [0.25, 0.3) is 5.91 Å². The predicted molar refractivity (Wildman–Crippen MR) is 197 cm³/mol. The average Bonchev–Trinajstić information content (AvgIpc) is 3.68. The second-order valence-corrected chi connectivity index (χ2v) is 12.7. The first-order valence-corrected chi connectivity index (χ1v) is 16.6. The second kappa shape index (κ2) is 15.4. The van der Waals surface area contributed by atoms with Crippen molar-refractivity contribution < 1.29 is 18.0 Å². The fourth-order valence-corrected chi connectivity index (χ4v) is 5.64. The Morgan fingerprint density at radius 3 is 2.67 bits per heavy atom. The largest absolute Gasteiger partial charge is 0.416 e. The number of rotatable bonds is 10. The predicted octanol–water partition coefficient (Wildman–Crippen LogP) is 7.47. The molecule has 0 saturated carbocycles. The minimum atomic E-state index is -4.63. The standard InChI is InChI=1S/C39H38F3N9O/c1-27-9-10-30(38(52)47-32-13-11-31(35(21-32)39(40,41)42)25-49-17-6-15-43-22-28(49)2)20-29(27)12-14-34-24-44-37-36(8-5-19-51(34)37)46-33-23-45-50(26-33)18-7-16-48(3)4/h5-6,8-11,13,15,17,19-24,26,46H,7,16,18,25H2,1-4H3,(H,47,52). The Morgan fingerprint density at radius 1 is 1.02 bits per heavy atom. The first kappa shape index (κ1) is 35.7. The van der Waals surface area contributed by atoms with E-state index in [1.165, 1.54) is 12.1 Å². The number of imidazole rings is 1. The maximum absolute atomic E-state index is 14.2. The van der Waals surface area contributed by atoms with E-state index in [2.05, 4.69) is 42.4 Å². The van der Waals surface area contributed by atoms with Gasteiger partial charge in [0.15, 0.2) is 5.65 Å². The zero-order valence-corrected chi connectivity index (χ0v) is 29.2. The molecule has 0 spiro atoms. The van der Waals surface area contributed by atoms with Crippen molar-refractivity contribution in [1.29, 1.82) is 0 Å². The number of fused-ring (bicyclic) bond motifs is 1. The van der Waals surface area contributed by atoms with Crippen molar-refractivity contribution >= 4 is 34.8 Å². The van der Waals surface area contributed by atoms with Crippen LogP contribution in [0.4, 0.5) is 30.2 Å². The molecule has 6 rings (SSSR count). The molecule has 1 aliphatic rings. The van der Waals surface area contributed by atoms with Crippen LogP contribution >= 0.6 is 0 Å². The minimum Gasteiger partial charge on any atom is -0.350 e. The highest BCUT2D eigenvalue weighted by atomic mass is 19.4. The molecular formula is C39H38F3N9O. The number of nitrogens with one attached hydrogen (secondary N) is 2. The fourth-order valence-electron chi connectivity index (χ4n) is 5.64. The third kappa shape index (κ3) is 8.59. The summed E-state index contributed by atoms with van der Waals surface area (Å²) in [4.78, 5) is 25.8. The number of benzene rings is 2. The van der Waals surface area contributed by atoms with Crippen molar-refractivity contribution in [2.24, 2.45) is 4.99 Å². The summed E-state index contributed by atoms with van der Waals surface area (Å²) in [5, 5.41) is 10.5. The average molecular weight is 706 g/mol. The zero-order chi connectivity index (χ0) is 36.8. The van der Waals surface area contributed by atoms with Gasteiger partial charge in [0.05, 0.1) is 29.3 Å². The van der Waals surface area contributed by atoms with Gasteiger partial charge in [-0.2, -0.15) is 18.3 Å². The van der Waals surface area contributed by atoms with Gasteiger partial charge in [-0.25, -0.2) is 4.98 Å². The van der Waals surface area contributed by atoms with Crippen LogP contribution in [0.2, 0.25) is 0 Å². The number of carbonyl (C=O) groups excluding carboxylic acids is 1. The summed E-state index contributed by atoms with van der Waals surface area (Å²) in [5.74, 6) is 5.76. The molecule has 0 atom stereocenters. The van der Waals surface area contributed by atoms with E-state index in [-0.39, 0.29) is 23.4 Å². The fraction of sp³-hybridized carbons (Fsp3) is 0.231. The smallest absolute Gasteiger partial charge is 0.350 e. The molecule has 0 saturated heterocycles. The zero-order valence-electron chi connectivity index (χ0n) is 29.2. The van der Waals surface area contributed by atoms with E-state index in [0.29, 0.717) is 22.6 Å². The van der Waals surface area contributed by atoms with Crippen molar-refractivity contribution in [2.45, 2.75) is 39.5 Å². The number of alkyl halides is 3. The number of aromatic nitrogens is 4. The number of halogens is 3. The molecular weight excluding hydrogens is 667 g/mol. The first-order valence-electron chi connectivity index (χ1n) is 16.6. The van der Waals surface area contributed by atoms with Crippen LogP contribution in [0, 0.1) is 18.8 Å². The number of pyridine rings is 1. The molecule has 266 valence electrons. The van der Waals surface area contributed by atoms with E-state index in [9.17, 15) is 18.0 Å². The summed E-state index contributed by atoms with van der Waals surface area (Å²) in [5.41, 5.74) is 4.62. The van der Waals surface area contributed by atoms with Crippen molar-refractivity contribution in [3.8, 4) is 11.8 Å². The lowest BCUT2D eigenvalue weighted by Gasteiger charge is -2.23. The molecule has 5 aromatic rings. The molecule has 13 heteroatoms. The lowest BCUT2D eigenvalue weighted by atomic mass is 10.0. The monoisotopic (exact) mass is 705 g/mol. The lowest BCUT2D eigenvalue weighted by molar-refractivity contribution is -0.138. The van der Waals surface area contributed by atoms with Crippen molar-refractivity contribution in [3.63, 3.8) is 0 Å². The first-order chi connectivity index (χ1) is 24.9. The van der Waals surface area contributed by atoms with Crippen LogP contribution in [-0.4, -0.2) is 61.7 Å². The SMILES string of the molecule is CC1=CN=CC=CN1Cc1ccc(NC(=O)c2ccc(C)c(C#Cc3cnc4c(Nc5cnn(CCCN(C)C)c5)cccn34)c2)cc1C(F)(F)F. The molecule has 52 heavy (non-hydrogen) atoms. The van der Waals surface area contributed by atoms with Crippen LogP contribution in [-0.2, 0) is 19.3 Å². The third-order valence-electron chi connectivity index (χ3n) is 8.43. The van der Waals surface area contributed by atoms with Gasteiger partial charge in [0.2, 0.25) is 0 Å². The number of carbonyl (C=O) groups is 1. The summed E-state index contributed by atoms with van der Waals surface area (Å²) in [6.45, 7) is 5.42. The van der Waals surface area contributed by atoms with Crippen LogP contribution in [0.25, 0.3) is 5.65 Å². The van der Waals surface area contributed by atoms with Gasteiger partial charge in [0, 0.05) is 66.6 Å². The maximum Gasteiger partial charge on any atom is 0.416 e. The lowest BCUT2D eigenvalue weighted by Crippen LogP contribution is -2.19. The summed E-state index contributed by atoms with van der Waals surface area (Å²) in [7, 11) is 4.09. The van der Waals surface area contributed by atoms with Gasteiger partial charge in [-0.15, -0.1) is 0 Å². The van der Waals surface area contributed by atoms with Crippen LogP contribution in [0.15, 0.2) is 102 Å². The quantitative estimate of drug-likeness (QED) is 0.147. The number of nitrogens with zero attached hydrogens (tertiary/aromatic N) is 7. The highest BCUT2D eigenvalue weighted by molar-refractivity contribution is 6.04. The molecule has 0 unspecified atom stereocenters. The Labute approximate surface area is 300 Å². The van der Waals surface area contributed by atoms with Crippen LogP contribution in [0.5, 0.6) is 0 Å². The molecule has 0 radical (unpaired) electrons. The van der Waals surface area contributed by atoms with Crippen molar-refractivity contribution in [2.75, 3.05) is 31.3 Å². The number of aryl methyl sites for hydroxylation is 2. The Morgan fingerprint density at radius 2 is 1.87 bits per heavy atom. The summed E-state index contributed by atoms with van der Waals surface area (Å²) in [6, 6.07) is 12.7. The van der Waals surface area contributed by atoms with E-state index < -0.39 is 17.6 Å². The molecule has 2 aromatic carbocycles. The molecule has 1 aliphatic heterocycles. The number of anilines is 3. The normalized spacial score (nSPS) is 12.8. The molecule has 3 aromatic heterocycles. The molecule has 0 aliphatic carbocycles. The Hall–Kier alpha value is -6.13. The summed E-state index contributed by atoms with van der Waals surface area (Å²) < 4.78 is 46.3. The highest BCUT2D eigenvalue weighted by Gasteiger charge is 2.34. The molecule has 0 fully saturated rings. The Bertz CT molecular complexity index is 2250. The summed E-state index contributed by atoms with van der Waals surface area (Å²) >= 11 is 0. The van der Waals surface area contributed by atoms with E-state index in [1.54, 1.807) is 67.1 Å². The number of hydrogen-bond donors (Lipinski definition) is 2. The van der Waals surface area contributed by atoms with Gasteiger partial charge < -0.3 is 20.4 Å². The molecule has 0 bridgehead atoms. The van der Waals surface area contributed by atoms with Gasteiger partial charge in [-0.1, -0.05) is 18.1 Å². The van der Waals surface area contributed by atoms with Crippen LogP contribution in [0.3, 0.4) is 0 Å². The van der Waals surface area contributed by atoms with Crippen LogP contribution < -0.4 is 10.6 Å². The van der Waals surface area contributed by atoms with E-state index in [0.717, 1.165) is 42.5 Å². The molecule has 1 amide bonds. The number of allylic oxidation sites excluding steroid dienone is 2. The number of amides is 1. The molecule has 2 N–H and O–H groups in total.